The lowest BCUT2D eigenvalue weighted by atomic mass is 9.66. The summed E-state index contributed by atoms with van der Waals surface area (Å²) in [7, 11) is 0. The molecule has 0 aromatic heterocycles. The molecule has 76 valence electrons. The highest BCUT2D eigenvalue weighted by Crippen LogP contribution is 2.45. The van der Waals surface area contributed by atoms with Crippen molar-refractivity contribution in [3.63, 3.8) is 0 Å². The fourth-order valence-electron chi connectivity index (χ4n) is 3.20. The first-order chi connectivity index (χ1) is 6.35. The van der Waals surface area contributed by atoms with Crippen LogP contribution < -0.4 is 0 Å². The van der Waals surface area contributed by atoms with Crippen molar-refractivity contribution < 1.29 is 4.74 Å². The molecule has 2 fully saturated rings. The van der Waals surface area contributed by atoms with Crippen LogP contribution in [0.15, 0.2) is 0 Å². The van der Waals surface area contributed by atoms with E-state index in [0.717, 1.165) is 19.1 Å². The lowest BCUT2D eigenvalue weighted by molar-refractivity contribution is -0.0405. The van der Waals surface area contributed by atoms with E-state index in [4.69, 9.17) is 4.74 Å². The van der Waals surface area contributed by atoms with E-state index in [2.05, 4.69) is 6.92 Å². The summed E-state index contributed by atoms with van der Waals surface area (Å²) in [6.45, 7) is 4.41. The van der Waals surface area contributed by atoms with Gasteiger partial charge in [0.2, 0.25) is 0 Å². The molecule has 2 rings (SSSR count). The molecule has 2 aliphatic rings. The molecule has 1 spiro atoms. The monoisotopic (exact) mass is 182 g/mol. The van der Waals surface area contributed by atoms with Crippen molar-refractivity contribution in [1.29, 1.82) is 0 Å². The maximum Gasteiger partial charge on any atom is 0.0522 e. The molecule has 0 radical (unpaired) electrons. The second kappa shape index (κ2) is 4.00. The van der Waals surface area contributed by atoms with Crippen LogP contribution in [-0.4, -0.2) is 13.2 Å². The van der Waals surface area contributed by atoms with E-state index in [-0.39, 0.29) is 0 Å². The summed E-state index contributed by atoms with van der Waals surface area (Å²) in [6.07, 6.45) is 9.91. The third-order valence-corrected chi connectivity index (χ3v) is 4.02. The molecule has 1 aliphatic carbocycles. The number of rotatable bonds is 1. The third-order valence-electron chi connectivity index (χ3n) is 4.02. The predicted molar refractivity (Wildman–Crippen MR) is 54.7 cm³/mol. The Hall–Kier alpha value is -0.0400. The Kier molecular flexibility index (Phi) is 2.92. The van der Waals surface area contributed by atoms with Gasteiger partial charge in [-0.1, -0.05) is 26.2 Å². The highest BCUT2D eigenvalue weighted by atomic mass is 16.5. The van der Waals surface area contributed by atoms with Crippen molar-refractivity contribution in [2.45, 2.75) is 51.9 Å². The summed E-state index contributed by atoms with van der Waals surface area (Å²) in [6, 6.07) is 0. The number of hydrogen-bond donors (Lipinski definition) is 0. The van der Waals surface area contributed by atoms with Gasteiger partial charge in [-0.25, -0.2) is 0 Å². The molecule has 0 N–H and O–H groups in total. The van der Waals surface area contributed by atoms with Crippen LogP contribution in [0, 0.1) is 11.3 Å². The minimum atomic E-state index is 0.608. The van der Waals surface area contributed by atoms with Gasteiger partial charge in [0.15, 0.2) is 0 Å². The lowest BCUT2D eigenvalue weighted by Crippen LogP contribution is -2.36. The first-order valence-corrected chi connectivity index (χ1v) is 5.92. The molecular weight excluding hydrogens is 160 g/mol. The molecule has 1 heterocycles. The van der Waals surface area contributed by atoms with Crippen molar-refractivity contribution in [3.8, 4) is 0 Å². The summed E-state index contributed by atoms with van der Waals surface area (Å²) < 4.78 is 5.66. The lowest BCUT2D eigenvalue weighted by Gasteiger charge is -2.43. The molecule has 0 aromatic carbocycles. The molecular formula is C12H22O. The van der Waals surface area contributed by atoms with Crippen LogP contribution in [0.5, 0.6) is 0 Å². The van der Waals surface area contributed by atoms with Crippen molar-refractivity contribution >= 4 is 0 Å². The molecule has 1 saturated heterocycles. The second-order valence-corrected chi connectivity index (χ2v) is 5.03. The Morgan fingerprint density at radius 3 is 2.85 bits per heavy atom. The van der Waals surface area contributed by atoms with Gasteiger partial charge in [-0.3, -0.25) is 0 Å². The SMILES string of the molecule is CCC1CCCC2(CCCOC2)C1. The second-order valence-electron chi connectivity index (χ2n) is 5.03. The van der Waals surface area contributed by atoms with Gasteiger partial charge < -0.3 is 4.74 Å². The number of ether oxygens (including phenoxy) is 1. The minimum absolute atomic E-state index is 0.608. The maximum absolute atomic E-state index is 5.66. The highest BCUT2D eigenvalue weighted by Gasteiger charge is 2.37. The normalized spacial score (nSPS) is 40.8. The van der Waals surface area contributed by atoms with Crippen LogP contribution in [0.2, 0.25) is 0 Å². The van der Waals surface area contributed by atoms with Gasteiger partial charge in [0.05, 0.1) is 6.61 Å². The molecule has 2 atom stereocenters. The highest BCUT2D eigenvalue weighted by molar-refractivity contribution is 4.87. The van der Waals surface area contributed by atoms with Gasteiger partial charge >= 0.3 is 0 Å². The van der Waals surface area contributed by atoms with E-state index in [1.165, 1.54) is 44.9 Å². The molecule has 0 amide bonds. The number of hydrogen-bond acceptors (Lipinski definition) is 1. The van der Waals surface area contributed by atoms with Crippen LogP contribution in [0.25, 0.3) is 0 Å². The van der Waals surface area contributed by atoms with Gasteiger partial charge in [0, 0.05) is 6.61 Å². The summed E-state index contributed by atoms with van der Waals surface area (Å²) in [4.78, 5) is 0. The molecule has 1 aliphatic heterocycles. The molecule has 1 nitrogen and oxygen atoms in total. The van der Waals surface area contributed by atoms with E-state index < -0.39 is 0 Å². The van der Waals surface area contributed by atoms with Crippen LogP contribution in [0.4, 0.5) is 0 Å². The smallest absolute Gasteiger partial charge is 0.0522 e. The van der Waals surface area contributed by atoms with Gasteiger partial charge in [0.1, 0.15) is 0 Å². The molecule has 1 heteroatoms. The van der Waals surface area contributed by atoms with E-state index in [1.807, 2.05) is 0 Å². The topological polar surface area (TPSA) is 9.23 Å². The van der Waals surface area contributed by atoms with Gasteiger partial charge in [0.25, 0.3) is 0 Å². The standard InChI is InChI=1S/C12H22O/c1-2-11-5-3-6-12(9-11)7-4-8-13-10-12/h11H,2-10H2,1H3. The first kappa shape index (κ1) is 9.51. The van der Waals surface area contributed by atoms with Gasteiger partial charge in [-0.2, -0.15) is 0 Å². The Bertz CT molecular complexity index is 153. The predicted octanol–water partition coefficient (Wildman–Crippen LogP) is 3.38. The average molecular weight is 182 g/mol. The molecule has 1 saturated carbocycles. The first-order valence-electron chi connectivity index (χ1n) is 5.92. The fourth-order valence-corrected chi connectivity index (χ4v) is 3.20. The van der Waals surface area contributed by atoms with E-state index >= 15 is 0 Å². The van der Waals surface area contributed by atoms with E-state index in [9.17, 15) is 0 Å². The van der Waals surface area contributed by atoms with Crippen molar-refractivity contribution in [3.05, 3.63) is 0 Å². The zero-order chi connectivity index (χ0) is 9.15. The Morgan fingerprint density at radius 2 is 2.15 bits per heavy atom. The van der Waals surface area contributed by atoms with Crippen molar-refractivity contribution in [1.82, 2.24) is 0 Å². The molecule has 13 heavy (non-hydrogen) atoms. The Morgan fingerprint density at radius 1 is 1.31 bits per heavy atom. The summed E-state index contributed by atoms with van der Waals surface area (Å²) in [5.74, 6) is 0.996. The van der Waals surface area contributed by atoms with Crippen LogP contribution in [-0.2, 0) is 4.74 Å². The van der Waals surface area contributed by atoms with Crippen LogP contribution in [0.1, 0.15) is 51.9 Å². The zero-order valence-corrected chi connectivity index (χ0v) is 8.85. The van der Waals surface area contributed by atoms with Gasteiger partial charge in [-0.15, -0.1) is 0 Å². The third kappa shape index (κ3) is 2.07. The van der Waals surface area contributed by atoms with E-state index in [1.54, 1.807) is 0 Å². The molecule has 0 bridgehead atoms. The van der Waals surface area contributed by atoms with Gasteiger partial charge in [-0.05, 0) is 37.0 Å². The quantitative estimate of drug-likeness (QED) is 0.604. The Labute approximate surface area is 81.9 Å². The summed E-state index contributed by atoms with van der Waals surface area (Å²) >= 11 is 0. The van der Waals surface area contributed by atoms with Crippen LogP contribution >= 0.6 is 0 Å². The zero-order valence-electron chi connectivity index (χ0n) is 8.85. The Balaban J connectivity index is 1.95. The average Bonchev–Trinajstić information content (AvgIpc) is 2.19. The van der Waals surface area contributed by atoms with Crippen molar-refractivity contribution in [2.75, 3.05) is 13.2 Å². The molecule has 2 unspecified atom stereocenters. The minimum Gasteiger partial charge on any atom is -0.381 e. The van der Waals surface area contributed by atoms with Crippen molar-refractivity contribution in [2.24, 2.45) is 11.3 Å². The summed E-state index contributed by atoms with van der Waals surface area (Å²) in [5.41, 5.74) is 0.608. The largest absolute Gasteiger partial charge is 0.381 e. The van der Waals surface area contributed by atoms with Crippen LogP contribution in [0.3, 0.4) is 0 Å². The maximum atomic E-state index is 5.66. The fraction of sp³-hybridized carbons (Fsp3) is 1.00. The molecule has 0 aromatic rings. The van der Waals surface area contributed by atoms with E-state index in [0.29, 0.717) is 5.41 Å². The summed E-state index contributed by atoms with van der Waals surface area (Å²) in [5, 5.41) is 0.